The first-order valence-electron chi connectivity index (χ1n) is 6.16. The van der Waals surface area contributed by atoms with Crippen molar-refractivity contribution in [3.8, 4) is 0 Å². The Bertz CT molecular complexity index is 401. The summed E-state index contributed by atoms with van der Waals surface area (Å²) in [4.78, 5) is 13.6. The van der Waals surface area contributed by atoms with Crippen LogP contribution in [0.15, 0.2) is 24.3 Å². The van der Waals surface area contributed by atoms with Gasteiger partial charge in [-0.05, 0) is 43.7 Å². The highest BCUT2D eigenvalue weighted by Gasteiger charge is 2.18. The first-order valence-corrected chi connectivity index (χ1v) is 6.54. The van der Waals surface area contributed by atoms with Crippen LogP contribution in [-0.2, 0) is 0 Å². The van der Waals surface area contributed by atoms with E-state index in [9.17, 15) is 4.79 Å². The van der Waals surface area contributed by atoms with E-state index < -0.39 is 0 Å². The van der Waals surface area contributed by atoms with Crippen LogP contribution in [-0.4, -0.2) is 37.1 Å². The average molecular weight is 268 g/mol. The van der Waals surface area contributed by atoms with Gasteiger partial charge in [-0.15, -0.1) is 0 Å². The number of likely N-dealkylation sites (N-methyl/N-ethyl adjacent to an activating group) is 1. The number of rotatable bonds is 3. The third kappa shape index (κ3) is 3.62. The van der Waals surface area contributed by atoms with Gasteiger partial charge in [0.05, 0.1) is 0 Å². The molecule has 0 bridgehead atoms. The lowest BCUT2D eigenvalue weighted by molar-refractivity contribution is 0.218. The fourth-order valence-electron chi connectivity index (χ4n) is 2.08. The highest BCUT2D eigenvalue weighted by molar-refractivity contribution is 6.30. The number of halogens is 1. The molecule has 4 nitrogen and oxygen atoms in total. The van der Waals surface area contributed by atoms with Gasteiger partial charge in [-0.1, -0.05) is 11.6 Å². The molecule has 1 aromatic rings. The van der Waals surface area contributed by atoms with Crippen molar-refractivity contribution in [3.63, 3.8) is 0 Å². The number of nitrogens with one attached hydrogen (secondary N) is 2. The van der Waals surface area contributed by atoms with Crippen LogP contribution in [0.4, 0.5) is 10.5 Å². The smallest absolute Gasteiger partial charge is 0.321 e. The Morgan fingerprint density at radius 3 is 2.83 bits per heavy atom. The van der Waals surface area contributed by atoms with Crippen LogP contribution < -0.4 is 10.6 Å². The molecule has 1 heterocycles. The quantitative estimate of drug-likeness (QED) is 0.884. The largest absolute Gasteiger partial charge is 0.326 e. The Balaban J connectivity index is 1.84. The maximum atomic E-state index is 11.9. The first kappa shape index (κ1) is 13.2. The summed E-state index contributed by atoms with van der Waals surface area (Å²) in [6, 6.07) is 7.44. The zero-order chi connectivity index (χ0) is 13.0. The van der Waals surface area contributed by atoms with Crippen LogP contribution in [0.25, 0.3) is 0 Å². The topological polar surface area (TPSA) is 44.4 Å². The van der Waals surface area contributed by atoms with Crippen molar-refractivity contribution >= 4 is 23.3 Å². The van der Waals surface area contributed by atoms with Crippen LogP contribution in [0.2, 0.25) is 5.02 Å². The van der Waals surface area contributed by atoms with E-state index in [4.69, 9.17) is 11.6 Å². The van der Waals surface area contributed by atoms with Gasteiger partial charge in [0.2, 0.25) is 0 Å². The number of anilines is 1. The minimum absolute atomic E-state index is 0.0916. The van der Waals surface area contributed by atoms with Gasteiger partial charge < -0.3 is 15.5 Å². The first-order chi connectivity index (χ1) is 8.65. The number of carbonyl (C=O) groups excluding carboxylic acids is 1. The number of urea groups is 1. The lowest BCUT2D eigenvalue weighted by Crippen LogP contribution is -2.40. The van der Waals surface area contributed by atoms with E-state index in [0.29, 0.717) is 11.1 Å². The summed E-state index contributed by atoms with van der Waals surface area (Å²) in [5.41, 5.74) is 0.760. The molecule has 0 radical (unpaired) electrons. The molecule has 2 amide bonds. The summed E-state index contributed by atoms with van der Waals surface area (Å²) in [6.07, 6.45) is 2.33. The molecule has 18 heavy (non-hydrogen) atoms. The summed E-state index contributed by atoms with van der Waals surface area (Å²) in [5.74, 6) is 0. The van der Waals surface area contributed by atoms with E-state index in [1.807, 2.05) is 7.05 Å². The SMILES string of the molecule is CN(CC1CCCN1)C(=O)Nc1ccc(Cl)cc1. The third-order valence-electron chi connectivity index (χ3n) is 3.10. The molecular formula is C13H18ClN3O. The minimum atomic E-state index is -0.0916. The van der Waals surface area contributed by atoms with Crippen LogP contribution in [0.3, 0.4) is 0 Å². The van der Waals surface area contributed by atoms with Crippen molar-refractivity contribution in [2.75, 3.05) is 25.5 Å². The van der Waals surface area contributed by atoms with Crippen molar-refractivity contribution in [2.24, 2.45) is 0 Å². The number of amides is 2. The molecule has 1 aliphatic heterocycles. The molecule has 0 aliphatic carbocycles. The third-order valence-corrected chi connectivity index (χ3v) is 3.35. The monoisotopic (exact) mass is 267 g/mol. The lowest BCUT2D eigenvalue weighted by atomic mass is 10.2. The van der Waals surface area contributed by atoms with Crippen molar-refractivity contribution in [1.82, 2.24) is 10.2 Å². The summed E-state index contributed by atoms with van der Waals surface area (Å²) in [7, 11) is 1.81. The Morgan fingerprint density at radius 2 is 2.22 bits per heavy atom. The molecule has 98 valence electrons. The van der Waals surface area contributed by atoms with Gasteiger partial charge in [-0.3, -0.25) is 0 Å². The van der Waals surface area contributed by atoms with E-state index in [1.54, 1.807) is 29.2 Å². The Labute approximate surface area is 112 Å². The highest BCUT2D eigenvalue weighted by Crippen LogP contribution is 2.14. The molecule has 1 saturated heterocycles. The maximum absolute atomic E-state index is 11.9. The summed E-state index contributed by atoms with van der Waals surface area (Å²) in [5, 5.41) is 6.88. The highest BCUT2D eigenvalue weighted by atomic mass is 35.5. The van der Waals surface area contributed by atoms with E-state index >= 15 is 0 Å². The zero-order valence-electron chi connectivity index (χ0n) is 10.4. The van der Waals surface area contributed by atoms with Gasteiger partial charge in [0.15, 0.2) is 0 Å². The second kappa shape index (κ2) is 6.07. The molecule has 1 fully saturated rings. The van der Waals surface area contributed by atoms with E-state index in [2.05, 4.69) is 10.6 Å². The van der Waals surface area contributed by atoms with Gasteiger partial charge in [0.25, 0.3) is 0 Å². The Kier molecular flexibility index (Phi) is 4.44. The van der Waals surface area contributed by atoms with Crippen LogP contribution >= 0.6 is 11.6 Å². The van der Waals surface area contributed by atoms with E-state index in [0.717, 1.165) is 25.2 Å². The average Bonchev–Trinajstić information content (AvgIpc) is 2.85. The van der Waals surface area contributed by atoms with Crippen molar-refractivity contribution in [1.29, 1.82) is 0 Å². The summed E-state index contributed by atoms with van der Waals surface area (Å²) >= 11 is 5.79. The predicted octanol–water partition coefficient (Wildman–Crippen LogP) is 2.56. The molecule has 1 aliphatic rings. The van der Waals surface area contributed by atoms with E-state index in [1.165, 1.54) is 6.42 Å². The molecule has 1 unspecified atom stereocenters. The van der Waals surface area contributed by atoms with Crippen molar-refractivity contribution in [3.05, 3.63) is 29.3 Å². The van der Waals surface area contributed by atoms with Gasteiger partial charge in [-0.2, -0.15) is 0 Å². The fraction of sp³-hybridized carbons (Fsp3) is 0.462. The Hall–Kier alpha value is -1.26. The van der Waals surface area contributed by atoms with Gasteiger partial charge in [-0.25, -0.2) is 4.79 Å². The van der Waals surface area contributed by atoms with Gasteiger partial charge in [0.1, 0.15) is 0 Å². The van der Waals surface area contributed by atoms with Crippen LogP contribution in [0, 0.1) is 0 Å². The number of carbonyl (C=O) groups is 1. The molecule has 0 aromatic heterocycles. The van der Waals surface area contributed by atoms with Crippen LogP contribution in [0.5, 0.6) is 0 Å². The molecule has 5 heteroatoms. The maximum Gasteiger partial charge on any atom is 0.321 e. The minimum Gasteiger partial charge on any atom is -0.326 e. The number of hydrogen-bond acceptors (Lipinski definition) is 2. The summed E-state index contributed by atoms with van der Waals surface area (Å²) in [6.45, 7) is 1.79. The van der Waals surface area contributed by atoms with Gasteiger partial charge >= 0.3 is 6.03 Å². The number of hydrogen-bond donors (Lipinski definition) is 2. The van der Waals surface area contributed by atoms with Gasteiger partial charge in [0, 0.05) is 30.3 Å². The molecule has 1 atom stereocenters. The zero-order valence-corrected chi connectivity index (χ0v) is 11.2. The normalized spacial score (nSPS) is 18.7. The second-order valence-electron chi connectivity index (χ2n) is 4.61. The molecule has 2 rings (SSSR count). The second-order valence-corrected chi connectivity index (χ2v) is 5.05. The fourth-order valence-corrected chi connectivity index (χ4v) is 2.20. The van der Waals surface area contributed by atoms with Crippen LogP contribution in [0.1, 0.15) is 12.8 Å². The molecule has 2 N–H and O–H groups in total. The molecule has 0 saturated carbocycles. The predicted molar refractivity (Wildman–Crippen MR) is 74.1 cm³/mol. The molecule has 1 aromatic carbocycles. The molecular weight excluding hydrogens is 250 g/mol. The summed E-state index contributed by atoms with van der Waals surface area (Å²) < 4.78 is 0. The standard InChI is InChI=1S/C13H18ClN3O/c1-17(9-12-3-2-8-15-12)13(18)16-11-6-4-10(14)5-7-11/h4-7,12,15H,2-3,8-9H2,1H3,(H,16,18). The van der Waals surface area contributed by atoms with Crippen molar-refractivity contribution in [2.45, 2.75) is 18.9 Å². The van der Waals surface area contributed by atoms with E-state index in [-0.39, 0.29) is 6.03 Å². The lowest BCUT2D eigenvalue weighted by Gasteiger charge is -2.21. The van der Waals surface area contributed by atoms with Crippen molar-refractivity contribution < 1.29 is 4.79 Å². The number of nitrogens with zero attached hydrogens (tertiary/aromatic N) is 1. The Morgan fingerprint density at radius 1 is 1.50 bits per heavy atom. The molecule has 0 spiro atoms. The number of benzene rings is 1.